The van der Waals surface area contributed by atoms with Crippen LogP contribution in [0, 0.1) is 3.70 Å². The van der Waals surface area contributed by atoms with Gasteiger partial charge >= 0.3 is 0 Å². The largest absolute Gasteiger partial charge is 0.381 e. The van der Waals surface area contributed by atoms with Gasteiger partial charge in [-0.3, -0.25) is 0 Å². The first-order valence-electron chi connectivity index (χ1n) is 6.96. The smallest absolute Gasteiger partial charge is 0.215 e. The molecule has 126 valence electrons. The van der Waals surface area contributed by atoms with Crippen molar-refractivity contribution in [3.63, 3.8) is 0 Å². The zero-order chi connectivity index (χ0) is 16.4. The van der Waals surface area contributed by atoms with E-state index in [-0.39, 0.29) is 12.3 Å². The van der Waals surface area contributed by atoms with Gasteiger partial charge in [0.25, 0.3) is 0 Å². The van der Waals surface area contributed by atoms with Crippen LogP contribution in [0.4, 0.5) is 5.69 Å². The van der Waals surface area contributed by atoms with Crippen molar-refractivity contribution in [2.75, 3.05) is 43.9 Å². The second-order valence-corrected chi connectivity index (χ2v) is 8.53. The molecule has 11 heteroatoms. The van der Waals surface area contributed by atoms with E-state index in [4.69, 9.17) is 16.3 Å². The van der Waals surface area contributed by atoms with Crippen LogP contribution in [0.15, 0.2) is 12.3 Å². The van der Waals surface area contributed by atoms with Crippen LogP contribution in [0.3, 0.4) is 0 Å². The molecule has 0 amide bonds. The van der Waals surface area contributed by atoms with Crippen molar-refractivity contribution in [2.24, 2.45) is 0 Å². The molecule has 0 aliphatic carbocycles. The highest BCUT2D eigenvalue weighted by atomic mass is 127. The third kappa shape index (κ3) is 3.87. The normalized spacial score (nSPS) is 16.8. The Bertz CT molecular complexity index is 806. The highest BCUT2D eigenvalue weighted by Gasteiger charge is 2.23. The summed E-state index contributed by atoms with van der Waals surface area (Å²) in [5.41, 5.74) is 1.27. The molecule has 3 rings (SSSR count). The number of hydrogen-bond acceptors (Lipinski definition) is 6. The van der Waals surface area contributed by atoms with Gasteiger partial charge in [-0.1, -0.05) is 11.6 Å². The fraction of sp³-hybridized carbons (Fsp3) is 0.500. The van der Waals surface area contributed by atoms with E-state index >= 15 is 0 Å². The summed E-state index contributed by atoms with van der Waals surface area (Å²) in [6.07, 6.45) is 1.68. The summed E-state index contributed by atoms with van der Waals surface area (Å²) >= 11 is 8.10. The number of hydrogen-bond donors (Lipinski definition) is 1. The monoisotopic (exact) mass is 471 g/mol. The Hall–Kier alpha value is -0.690. The van der Waals surface area contributed by atoms with E-state index < -0.39 is 10.0 Å². The van der Waals surface area contributed by atoms with Crippen LogP contribution in [0.5, 0.6) is 0 Å². The van der Waals surface area contributed by atoms with E-state index in [1.165, 1.54) is 4.31 Å². The van der Waals surface area contributed by atoms with Gasteiger partial charge in [0.05, 0.1) is 30.9 Å². The lowest BCUT2D eigenvalue weighted by atomic mass is 10.4. The third-order valence-electron chi connectivity index (χ3n) is 3.44. The van der Waals surface area contributed by atoms with E-state index in [1.54, 1.807) is 16.8 Å². The number of imidazole rings is 1. The quantitative estimate of drug-likeness (QED) is 0.656. The molecule has 0 unspecified atom stereocenters. The van der Waals surface area contributed by atoms with Gasteiger partial charge in [0.2, 0.25) is 10.0 Å². The van der Waals surface area contributed by atoms with Crippen LogP contribution in [0.1, 0.15) is 0 Å². The maximum Gasteiger partial charge on any atom is 0.215 e. The van der Waals surface area contributed by atoms with Crippen molar-refractivity contribution in [2.45, 2.75) is 0 Å². The summed E-state index contributed by atoms with van der Waals surface area (Å²) in [7, 11) is -3.30. The zero-order valence-corrected chi connectivity index (χ0v) is 15.8. The number of ether oxygens (including phenoxy) is 1. The minimum absolute atomic E-state index is 0.00307. The molecule has 0 radical (unpaired) electrons. The first kappa shape index (κ1) is 17.1. The Labute approximate surface area is 152 Å². The predicted octanol–water partition coefficient (Wildman–Crippen LogP) is 1.06. The minimum Gasteiger partial charge on any atom is -0.381 e. The Morgan fingerprint density at radius 2 is 2.13 bits per heavy atom. The lowest BCUT2D eigenvalue weighted by Gasteiger charge is -2.26. The lowest BCUT2D eigenvalue weighted by molar-refractivity contribution is 0.0731. The molecule has 1 N–H and O–H groups in total. The molecule has 2 aromatic rings. The molecule has 0 spiro atoms. The summed E-state index contributed by atoms with van der Waals surface area (Å²) in [5, 5.41) is 7.56. The number of nitrogens with one attached hydrogen (secondary N) is 1. The first-order valence-corrected chi connectivity index (χ1v) is 10.0. The number of halogens is 2. The van der Waals surface area contributed by atoms with E-state index in [1.807, 2.05) is 0 Å². The molecule has 2 aromatic heterocycles. The van der Waals surface area contributed by atoms with E-state index in [2.05, 4.69) is 38.0 Å². The lowest BCUT2D eigenvalue weighted by Crippen LogP contribution is -2.42. The summed E-state index contributed by atoms with van der Waals surface area (Å²) < 4.78 is 33.6. The number of sulfonamides is 1. The number of rotatable bonds is 5. The molecule has 3 heterocycles. The van der Waals surface area contributed by atoms with Crippen LogP contribution >= 0.6 is 34.2 Å². The summed E-state index contributed by atoms with van der Waals surface area (Å²) in [4.78, 5) is 4.26. The van der Waals surface area contributed by atoms with E-state index in [0.29, 0.717) is 42.8 Å². The van der Waals surface area contributed by atoms with Crippen molar-refractivity contribution in [1.29, 1.82) is 0 Å². The molecule has 0 aromatic carbocycles. The second kappa shape index (κ2) is 7.05. The fourth-order valence-corrected chi connectivity index (χ4v) is 4.29. The summed E-state index contributed by atoms with van der Waals surface area (Å²) in [6, 6.07) is 1.64. The number of anilines is 1. The van der Waals surface area contributed by atoms with Crippen LogP contribution in [-0.4, -0.2) is 65.9 Å². The summed E-state index contributed by atoms with van der Waals surface area (Å²) in [6.45, 7) is 1.97. The van der Waals surface area contributed by atoms with Gasteiger partial charge in [0, 0.05) is 25.7 Å². The molecule has 0 saturated carbocycles. The van der Waals surface area contributed by atoms with Gasteiger partial charge in [0.1, 0.15) is 3.70 Å². The van der Waals surface area contributed by atoms with Crippen LogP contribution in [-0.2, 0) is 14.8 Å². The Balaban J connectivity index is 1.69. The van der Waals surface area contributed by atoms with Crippen molar-refractivity contribution < 1.29 is 13.2 Å². The van der Waals surface area contributed by atoms with Gasteiger partial charge in [-0.05, 0) is 22.6 Å². The third-order valence-corrected chi connectivity index (χ3v) is 6.23. The van der Waals surface area contributed by atoms with Crippen LogP contribution in [0.25, 0.3) is 5.65 Å². The number of aromatic nitrogens is 3. The number of morpholine rings is 1. The molecule has 0 atom stereocenters. The van der Waals surface area contributed by atoms with Crippen LogP contribution in [0.2, 0.25) is 5.15 Å². The molecule has 0 bridgehead atoms. The average Bonchev–Trinajstić information content (AvgIpc) is 2.89. The number of fused-ring (bicyclic) bond motifs is 1. The van der Waals surface area contributed by atoms with E-state index in [9.17, 15) is 8.42 Å². The molecular formula is C12H15ClIN5O3S. The van der Waals surface area contributed by atoms with Crippen molar-refractivity contribution in [1.82, 2.24) is 18.9 Å². The molecule has 1 fully saturated rings. The first-order chi connectivity index (χ1) is 11.0. The van der Waals surface area contributed by atoms with Gasteiger partial charge in [-0.25, -0.2) is 17.9 Å². The zero-order valence-electron chi connectivity index (χ0n) is 12.1. The number of nitrogens with zero attached hydrogens (tertiary/aromatic N) is 4. The highest BCUT2D eigenvalue weighted by Crippen LogP contribution is 2.21. The predicted molar refractivity (Wildman–Crippen MR) is 95.4 cm³/mol. The second-order valence-electron chi connectivity index (χ2n) is 4.95. The Morgan fingerprint density at radius 1 is 1.39 bits per heavy atom. The SMILES string of the molecule is O=S(=O)(CCNc1cc(Cl)nn2c(I)cnc12)N1CCOCC1. The molecule has 1 aliphatic rings. The average molecular weight is 472 g/mol. The molecule has 23 heavy (non-hydrogen) atoms. The topological polar surface area (TPSA) is 88.8 Å². The maximum atomic E-state index is 12.3. The van der Waals surface area contributed by atoms with Gasteiger partial charge in [-0.15, -0.1) is 0 Å². The van der Waals surface area contributed by atoms with Gasteiger partial charge in [-0.2, -0.15) is 9.40 Å². The van der Waals surface area contributed by atoms with Gasteiger partial charge < -0.3 is 10.1 Å². The molecule has 8 nitrogen and oxygen atoms in total. The standard InChI is InChI=1S/C12H15ClIN5O3S/c13-10-7-9(12-16-8-11(14)19(12)17-10)15-1-6-23(20,21)18-2-4-22-5-3-18/h7-8,15H,1-6H2. The molecule has 1 saturated heterocycles. The Morgan fingerprint density at radius 3 is 2.87 bits per heavy atom. The van der Waals surface area contributed by atoms with E-state index in [0.717, 1.165) is 3.70 Å². The Kier molecular flexibility index (Phi) is 5.26. The van der Waals surface area contributed by atoms with Crippen molar-refractivity contribution in [3.8, 4) is 0 Å². The van der Waals surface area contributed by atoms with Crippen LogP contribution < -0.4 is 5.32 Å². The fourth-order valence-electron chi connectivity index (χ4n) is 2.31. The molecular weight excluding hydrogens is 457 g/mol. The summed E-state index contributed by atoms with van der Waals surface area (Å²) in [5.74, 6) is -0.00307. The minimum atomic E-state index is -3.30. The highest BCUT2D eigenvalue weighted by molar-refractivity contribution is 14.1. The van der Waals surface area contributed by atoms with Crippen molar-refractivity contribution >= 4 is 55.5 Å². The van der Waals surface area contributed by atoms with Gasteiger partial charge in [0.15, 0.2) is 10.8 Å². The van der Waals surface area contributed by atoms with Crippen molar-refractivity contribution in [3.05, 3.63) is 21.1 Å². The maximum absolute atomic E-state index is 12.3. The molecule has 1 aliphatic heterocycles.